The van der Waals surface area contributed by atoms with Crippen LogP contribution in [0.3, 0.4) is 0 Å². The van der Waals surface area contributed by atoms with Crippen LogP contribution in [-0.4, -0.2) is 12.6 Å². The second kappa shape index (κ2) is 6.62. The Morgan fingerprint density at radius 3 is 2.69 bits per heavy atom. The topological polar surface area (TPSA) is 50.1 Å². The molecular weight excluding hydrogens is 202 g/mol. The SMILES string of the molecule is CCOC(=O)[C@@H](C#N)CCc1ccccc1. The van der Waals surface area contributed by atoms with Gasteiger partial charge in [0, 0.05) is 0 Å². The van der Waals surface area contributed by atoms with Crippen LogP contribution in [0.5, 0.6) is 0 Å². The zero-order valence-electron chi connectivity index (χ0n) is 9.35. The number of rotatable bonds is 5. The van der Waals surface area contributed by atoms with Crippen molar-refractivity contribution in [3.8, 4) is 6.07 Å². The van der Waals surface area contributed by atoms with Crippen molar-refractivity contribution < 1.29 is 9.53 Å². The van der Waals surface area contributed by atoms with Crippen molar-refractivity contribution in [1.29, 1.82) is 5.26 Å². The first kappa shape index (κ1) is 12.3. The van der Waals surface area contributed by atoms with Crippen molar-refractivity contribution in [2.24, 2.45) is 5.92 Å². The Bertz CT molecular complexity index is 367. The fourth-order valence-electron chi connectivity index (χ4n) is 1.43. The predicted octanol–water partition coefficient (Wildman–Crippen LogP) is 2.32. The van der Waals surface area contributed by atoms with Crippen LogP contribution >= 0.6 is 0 Å². The summed E-state index contributed by atoms with van der Waals surface area (Å²) in [6, 6.07) is 11.8. The Morgan fingerprint density at radius 2 is 2.12 bits per heavy atom. The molecular formula is C13H15NO2. The van der Waals surface area contributed by atoms with Gasteiger partial charge in [-0.25, -0.2) is 0 Å². The molecule has 1 atom stereocenters. The third-order valence-corrected chi connectivity index (χ3v) is 2.29. The molecule has 0 unspecified atom stereocenters. The molecule has 0 spiro atoms. The second-order valence-electron chi connectivity index (χ2n) is 3.46. The lowest BCUT2D eigenvalue weighted by Crippen LogP contribution is -2.16. The zero-order valence-corrected chi connectivity index (χ0v) is 9.35. The lowest BCUT2D eigenvalue weighted by molar-refractivity contribution is -0.146. The first-order chi connectivity index (χ1) is 7.77. The summed E-state index contributed by atoms with van der Waals surface area (Å²) in [5, 5.41) is 8.85. The summed E-state index contributed by atoms with van der Waals surface area (Å²) >= 11 is 0. The molecule has 0 heterocycles. The van der Waals surface area contributed by atoms with Crippen LogP contribution in [0.1, 0.15) is 18.9 Å². The van der Waals surface area contributed by atoms with E-state index in [1.807, 2.05) is 36.4 Å². The average Bonchev–Trinajstić information content (AvgIpc) is 2.31. The molecule has 84 valence electrons. The van der Waals surface area contributed by atoms with E-state index in [1.54, 1.807) is 6.92 Å². The van der Waals surface area contributed by atoms with Gasteiger partial charge in [0.15, 0.2) is 0 Å². The van der Waals surface area contributed by atoms with E-state index in [9.17, 15) is 4.79 Å². The fraction of sp³-hybridized carbons (Fsp3) is 0.385. The van der Waals surface area contributed by atoms with Crippen molar-refractivity contribution in [2.45, 2.75) is 19.8 Å². The summed E-state index contributed by atoms with van der Waals surface area (Å²) in [4.78, 5) is 11.4. The number of aryl methyl sites for hydroxylation is 1. The van der Waals surface area contributed by atoms with E-state index in [1.165, 1.54) is 0 Å². The first-order valence-electron chi connectivity index (χ1n) is 5.38. The van der Waals surface area contributed by atoms with E-state index in [2.05, 4.69) is 0 Å². The van der Waals surface area contributed by atoms with Crippen LogP contribution in [-0.2, 0) is 16.0 Å². The second-order valence-corrected chi connectivity index (χ2v) is 3.46. The Morgan fingerprint density at radius 1 is 1.44 bits per heavy atom. The Hall–Kier alpha value is -1.82. The summed E-state index contributed by atoms with van der Waals surface area (Å²) in [5.74, 6) is -1.07. The van der Waals surface area contributed by atoms with Gasteiger partial charge in [-0.15, -0.1) is 0 Å². The fourth-order valence-corrected chi connectivity index (χ4v) is 1.43. The zero-order chi connectivity index (χ0) is 11.8. The Kier molecular flexibility index (Phi) is 5.07. The highest BCUT2D eigenvalue weighted by Gasteiger charge is 2.18. The summed E-state index contributed by atoms with van der Waals surface area (Å²) in [6.07, 6.45) is 1.23. The molecule has 0 aliphatic carbocycles. The molecule has 1 aromatic carbocycles. The van der Waals surface area contributed by atoms with Gasteiger partial charge in [0.1, 0.15) is 5.92 Å². The number of ether oxygens (including phenoxy) is 1. The van der Waals surface area contributed by atoms with E-state index in [0.717, 1.165) is 12.0 Å². The molecule has 0 saturated heterocycles. The number of hydrogen-bond acceptors (Lipinski definition) is 3. The number of nitrogens with zero attached hydrogens (tertiary/aromatic N) is 1. The van der Waals surface area contributed by atoms with E-state index in [4.69, 9.17) is 10.00 Å². The molecule has 1 rings (SSSR count). The molecule has 1 aromatic rings. The van der Waals surface area contributed by atoms with E-state index in [-0.39, 0.29) is 0 Å². The van der Waals surface area contributed by atoms with Crippen LogP contribution in [0, 0.1) is 17.2 Å². The Balaban J connectivity index is 2.47. The molecule has 0 N–H and O–H groups in total. The van der Waals surface area contributed by atoms with Crippen molar-refractivity contribution in [1.82, 2.24) is 0 Å². The molecule has 3 heteroatoms. The third-order valence-electron chi connectivity index (χ3n) is 2.29. The molecule has 0 aromatic heterocycles. The number of benzene rings is 1. The van der Waals surface area contributed by atoms with Gasteiger partial charge in [0.05, 0.1) is 12.7 Å². The van der Waals surface area contributed by atoms with Crippen LogP contribution in [0.15, 0.2) is 30.3 Å². The van der Waals surface area contributed by atoms with E-state index in [0.29, 0.717) is 13.0 Å². The third kappa shape index (κ3) is 3.74. The largest absolute Gasteiger partial charge is 0.465 e. The maximum atomic E-state index is 11.4. The summed E-state index contributed by atoms with van der Waals surface area (Å²) < 4.78 is 4.82. The number of hydrogen-bond donors (Lipinski definition) is 0. The van der Waals surface area contributed by atoms with Gasteiger partial charge >= 0.3 is 5.97 Å². The van der Waals surface area contributed by atoms with E-state index < -0.39 is 11.9 Å². The van der Waals surface area contributed by atoms with Crippen LogP contribution in [0.2, 0.25) is 0 Å². The van der Waals surface area contributed by atoms with Gasteiger partial charge in [-0.05, 0) is 25.3 Å². The van der Waals surface area contributed by atoms with Crippen molar-refractivity contribution >= 4 is 5.97 Å². The number of nitriles is 1. The smallest absolute Gasteiger partial charge is 0.323 e. The monoisotopic (exact) mass is 217 g/mol. The summed E-state index contributed by atoms with van der Waals surface area (Å²) in [7, 11) is 0. The first-order valence-corrected chi connectivity index (χ1v) is 5.38. The summed E-state index contributed by atoms with van der Waals surface area (Å²) in [6.45, 7) is 2.06. The standard InChI is InChI=1S/C13H15NO2/c1-2-16-13(15)12(10-14)9-8-11-6-4-3-5-7-11/h3-7,12H,2,8-9H2,1H3/t12-/m1/s1. The van der Waals surface area contributed by atoms with Gasteiger partial charge in [0.25, 0.3) is 0 Å². The Labute approximate surface area is 95.7 Å². The molecule has 3 nitrogen and oxygen atoms in total. The van der Waals surface area contributed by atoms with Gasteiger partial charge in [-0.2, -0.15) is 5.26 Å². The molecule has 0 bridgehead atoms. The number of carbonyl (C=O) groups is 1. The van der Waals surface area contributed by atoms with Crippen molar-refractivity contribution in [3.63, 3.8) is 0 Å². The maximum Gasteiger partial charge on any atom is 0.323 e. The minimum absolute atomic E-state index is 0.322. The van der Waals surface area contributed by atoms with Gasteiger partial charge in [-0.3, -0.25) is 4.79 Å². The van der Waals surface area contributed by atoms with Crippen molar-refractivity contribution in [2.75, 3.05) is 6.61 Å². The van der Waals surface area contributed by atoms with Gasteiger partial charge in [-0.1, -0.05) is 30.3 Å². The van der Waals surface area contributed by atoms with Crippen LogP contribution in [0.25, 0.3) is 0 Å². The maximum absolute atomic E-state index is 11.4. The average molecular weight is 217 g/mol. The predicted molar refractivity (Wildman–Crippen MR) is 60.5 cm³/mol. The normalized spacial score (nSPS) is 11.5. The summed E-state index contributed by atoms with van der Waals surface area (Å²) in [5.41, 5.74) is 1.13. The molecule has 0 saturated carbocycles. The minimum atomic E-state index is -0.653. The lowest BCUT2D eigenvalue weighted by atomic mass is 10.0. The molecule has 16 heavy (non-hydrogen) atoms. The van der Waals surface area contributed by atoms with Crippen molar-refractivity contribution in [3.05, 3.63) is 35.9 Å². The van der Waals surface area contributed by atoms with Crippen LogP contribution in [0.4, 0.5) is 0 Å². The quantitative estimate of drug-likeness (QED) is 0.711. The molecule has 0 radical (unpaired) electrons. The molecule has 0 fully saturated rings. The number of esters is 1. The molecule has 0 aliphatic rings. The highest BCUT2D eigenvalue weighted by Crippen LogP contribution is 2.10. The van der Waals surface area contributed by atoms with E-state index >= 15 is 0 Å². The molecule has 0 aliphatic heterocycles. The lowest BCUT2D eigenvalue weighted by Gasteiger charge is -2.07. The molecule has 0 amide bonds. The van der Waals surface area contributed by atoms with Gasteiger partial charge in [0.2, 0.25) is 0 Å². The highest BCUT2D eigenvalue weighted by atomic mass is 16.5. The number of carbonyl (C=O) groups excluding carboxylic acids is 1. The van der Waals surface area contributed by atoms with Gasteiger partial charge < -0.3 is 4.74 Å². The minimum Gasteiger partial charge on any atom is -0.465 e. The van der Waals surface area contributed by atoms with Crippen LogP contribution < -0.4 is 0 Å². The highest BCUT2D eigenvalue weighted by molar-refractivity contribution is 5.75.